The molecule has 140 valence electrons. The lowest BCUT2D eigenvalue weighted by molar-refractivity contribution is -0.141. The first-order valence-electron chi connectivity index (χ1n) is 8.07. The molecule has 0 bridgehead atoms. The predicted octanol–water partition coefficient (Wildman–Crippen LogP) is 1.58. The van der Waals surface area contributed by atoms with Gasteiger partial charge in [-0.2, -0.15) is 0 Å². The maximum atomic E-state index is 12.1. The third-order valence-electron chi connectivity index (χ3n) is 3.80. The monoisotopic (exact) mass is 371 g/mol. The highest BCUT2D eigenvalue weighted by molar-refractivity contribution is 5.99. The van der Waals surface area contributed by atoms with E-state index in [1.54, 1.807) is 36.4 Å². The summed E-state index contributed by atoms with van der Waals surface area (Å²) >= 11 is 0. The van der Waals surface area contributed by atoms with Crippen LogP contribution in [0, 0.1) is 0 Å². The Kier molecular flexibility index (Phi) is 5.55. The lowest BCUT2D eigenvalue weighted by atomic mass is 10.1. The van der Waals surface area contributed by atoms with Gasteiger partial charge in [0, 0.05) is 11.1 Å². The minimum absolute atomic E-state index is 0.106. The molecule has 0 radical (unpaired) electrons. The van der Waals surface area contributed by atoms with E-state index in [1.165, 1.54) is 13.2 Å². The van der Waals surface area contributed by atoms with Crippen molar-refractivity contribution in [3.8, 4) is 17.2 Å². The number of fused-ring (bicyclic) bond motifs is 1. The van der Waals surface area contributed by atoms with Gasteiger partial charge in [-0.15, -0.1) is 0 Å². The number of hydrogen-bond donors (Lipinski definition) is 1. The molecule has 1 N–H and O–H groups in total. The summed E-state index contributed by atoms with van der Waals surface area (Å²) < 4.78 is 20.3. The van der Waals surface area contributed by atoms with Crippen molar-refractivity contribution >= 4 is 17.7 Å². The summed E-state index contributed by atoms with van der Waals surface area (Å²) in [5, 5.41) is 2.43. The van der Waals surface area contributed by atoms with Crippen molar-refractivity contribution < 1.29 is 33.3 Å². The van der Waals surface area contributed by atoms with Gasteiger partial charge in [0.25, 0.3) is 5.91 Å². The van der Waals surface area contributed by atoms with Gasteiger partial charge < -0.3 is 24.3 Å². The van der Waals surface area contributed by atoms with E-state index in [4.69, 9.17) is 18.9 Å². The number of amides is 1. The zero-order valence-corrected chi connectivity index (χ0v) is 14.5. The van der Waals surface area contributed by atoms with Crippen LogP contribution in [-0.2, 0) is 9.53 Å². The van der Waals surface area contributed by atoms with Crippen LogP contribution in [0.4, 0.5) is 0 Å². The van der Waals surface area contributed by atoms with Gasteiger partial charge in [-0.3, -0.25) is 14.4 Å². The quantitative estimate of drug-likeness (QED) is 0.582. The van der Waals surface area contributed by atoms with E-state index >= 15 is 0 Å². The number of carbonyl (C=O) groups is 3. The standard InChI is InChI=1S/C19H17NO7/c1-24-14-5-2-12(3-6-14)15(21)10-25-18(22)9-20-19(23)13-4-7-16-17(8-13)27-11-26-16/h2-8H,9-11H2,1H3,(H,20,23). The fourth-order valence-corrected chi connectivity index (χ4v) is 2.35. The first-order chi connectivity index (χ1) is 13.1. The van der Waals surface area contributed by atoms with E-state index in [0.29, 0.717) is 28.4 Å². The maximum Gasteiger partial charge on any atom is 0.325 e. The summed E-state index contributed by atoms with van der Waals surface area (Å²) in [5.41, 5.74) is 0.717. The van der Waals surface area contributed by atoms with E-state index < -0.39 is 18.5 Å². The van der Waals surface area contributed by atoms with Crippen LogP contribution in [0.3, 0.4) is 0 Å². The number of hydrogen-bond acceptors (Lipinski definition) is 7. The number of methoxy groups -OCH3 is 1. The van der Waals surface area contributed by atoms with E-state index in [9.17, 15) is 14.4 Å². The second kappa shape index (κ2) is 8.22. The summed E-state index contributed by atoms with van der Waals surface area (Å²) in [6, 6.07) is 11.1. The molecule has 3 rings (SSSR count). The van der Waals surface area contributed by atoms with Crippen molar-refractivity contribution in [2.75, 3.05) is 27.1 Å². The van der Waals surface area contributed by atoms with Gasteiger partial charge in [-0.05, 0) is 42.5 Å². The molecule has 2 aromatic carbocycles. The molecule has 0 saturated carbocycles. The number of esters is 1. The highest BCUT2D eigenvalue weighted by atomic mass is 16.7. The maximum absolute atomic E-state index is 12.1. The van der Waals surface area contributed by atoms with Crippen molar-refractivity contribution in [1.82, 2.24) is 5.32 Å². The molecular weight excluding hydrogens is 354 g/mol. The third-order valence-corrected chi connectivity index (χ3v) is 3.80. The van der Waals surface area contributed by atoms with Crippen molar-refractivity contribution in [1.29, 1.82) is 0 Å². The first kappa shape index (κ1) is 18.2. The lowest BCUT2D eigenvalue weighted by Gasteiger charge is -2.07. The predicted molar refractivity (Wildman–Crippen MR) is 93.2 cm³/mol. The number of ketones is 1. The SMILES string of the molecule is COc1ccc(C(=O)COC(=O)CNC(=O)c2ccc3c(c2)OCO3)cc1. The van der Waals surface area contributed by atoms with Crippen LogP contribution in [0.1, 0.15) is 20.7 Å². The number of carbonyl (C=O) groups excluding carboxylic acids is 3. The Bertz CT molecular complexity index is 861. The molecule has 0 aliphatic carbocycles. The Morgan fingerprint density at radius 1 is 1.00 bits per heavy atom. The zero-order valence-electron chi connectivity index (χ0n) is 14.5. The molecule has 1 aliphatic rings. The first-order valence-corrected chi connectivity index (χ1v) is 8.07. The average Bonchev–Trinajstić information content (AvgIpc) is 3.18. The van der Waals surface area contributed by atoms with Crippen LogP contribution in [0.5, 0.6) is 17.2 Å². The van der Waals surface area contributed by atoms with Crippen LogP contribution in [-0.4, -0.2) is 44.7 Å². The van der Waals surface area contributed by atoms with Crippen molar-refractivity contribution in [3.63, 3.8) is 0 Å². The molecule has 0 aromatic heterocycles. The minimum Gasteiger partial charge on any atom is -0.497 e. The highest BCUT2D eigenvalue weighted by Gasteiger charge is 2.17. The molecule has 1 aliphatic heterocycles. The van der Waals surface area contributed by atoms with Crippen LogP contribution >= 0.6 is 0 Å². The summed E-state index contributed by atoms with van der Waals surface area (Å²) in [6.07, 6.45) is 0. The number of benzene rings is 2. The van der Waals surface area contributed by atoms with Crippen molar-refractivity contribution in [3.05, 3.63) is 53.6 Å². The smallest absolute Gasteiger partial charge is 0.325 e. The molecule has 2 aromatic rings. The lowest BCUT2D eigenvalue weighted by Crippen LogP contribution is -2.31. The van der Waals surface area contributed by atoms with Gasteiger partial charge in [-0.25, -0.2) is 0 Å². The largest absolute Gasteiger partial charge is 0.497 e. The van der Waals surface area contributed by atoms with Gasteiger partial charge in [0.15, 0.2) is 23.9 Å². The topological polar surface area (TPSA) is 100 Å². The summed E-state index contributed by atoms with van der Waals surface area (Å²) in [4.78, 5) is 35.8. The Morgan fingerprint density at radius 3 is 2.44 bits per heavy atom. The Hall–Kier alpha value is -3.55. The minimum atomic E-state index is -0.717. The second-order valence-corrected chi connectivity index (χ2v) is 5.56. The Morgan fingerprint density at radius 2 is 1.70 bits per heavy atom. The van der Waals surface area contributed by atoms with Crippen LogP contribution in [0.25, 0.3) is 0 Å². The fourth-order valence-electron chi connectivity index (χ4n) is 2.35. The number of rotatable bonds is 7. The molecule has 8 nitrogen and oxygen atoms in total. The molecule has 1 amide bonds. The van der Waals surface area contributed by atoms with Crippen LogP contribution in [0.15, 0.2) is 42.5 Å². The van der Waals surface area contributed by atoms with Gasteiger partial charge >= 0.3 is 5.97 Å². The molecule has 0 atom stereocenters. The van der Waals surface area contributed by atoms with Crippen molar-refractivity contribution in [2.24, 2.45) is 0 Å². The molecule has 0 saturated heterocycles. The highest BCUT2D eigenvalue weighted by Crippen LogP contribution is 2.32. The Labute approximate surface area is 155 Å². The number of nitrogens with one attached hydrogen (secondary N) is 1. The van der Waals surface area contributed by atoms with Gasteiger partial charge in [0.1, 0.15) is 12.3 Å². The normalized spacial score (nSPS) is 11.6. The van der Waals surface area contributed by atoms with Gasteiger partial charge in [0.05, 0.1) is 7.11 Å². The molecule has 8 heteroatoms. The van der Waals surface area contributed by atoms with E-state index in [1.807, 2.05) is 0 Å². The molecule has 0 unspecified atom stereocenters. The summed E-state index contributed by atoms with van der Waals surface area (Å²) in [6.45, 7) is -0.664. The van der Waals surface area contributed by atoms with Crippen LogP contribution < -0.4 is 19.5 Å². The zero-order chi connectivity index (χ0) is 19.2. The van der Waals surface area contributed by atoms with Crippen LogP contribution in [0.2, 0.25) is 0 Å². The third kappa shape index (κ3) is 4.55. The number of Topliss-reactive ketones (excluding diaryl/α,β-unsaturated/α-hetero) is 1. The van der Waals surface area contributed by atoms with Gasteiger partial charge in [0.2, 0.25) is 6.79 Å². The molecule has 0 spiro atoms. The van der Waals surface area contributed by atoms with E-state index in [0.717, 1.165) is 0 Å². The summed E-state index contributed by atoms with van der Waals surface area (Å²) in [5.74, 6) is 0.110. The van der Waals surface area contributed by atoms with E-state index in [-0.39, 0.29) is 19.1 Å². The number of ether oxygens (including phenoxy) is 4. The summed E-state index contributed by atoms with van der Waals surface area (Å²) in [7, 11) is 1.52. The molecule has 0 fully saturated rings. The molecular formula is C19H17NO7. The molecule has 27 heavy (non-hydrogen) atoms. The van der Waals surface area contributed by atoms with Crippen molar-refractivity contribution in [2.45, 2.75) is 0 Å². The Balaban J connectivity index is 1.45. The van der Waals surface area contributed by atoms with Gasteiger partial charge in [-0.1, -0.05) is 0 Å². The van der Waals surface area contributed by atoms with E-state index in [2.05, 4.69) is 5.32 Å². The molecule has 1 heterocycles. The second-order valence-electron chi connectivity index (χ2n) is 5.56. The fraction of sp³-hybridized carbons (Fsp3) is 0.211. The average molecular weight is 371 g/mol.